The van der Waals surface area contributed by atoms with Crippen molar-refractivity contribution in [3.63, 3.8) is 0 Å². The van der Waals surface area contributed by atoms with E-state index in [-0.39, 0.29) is 23.7 Å². The van der Waals surface area contributed by atoms with E-state index in [1.807, 2.05) is 0 Å². The highest BCUT2D eigenvalue weighted by atomic mass is 16.6. The second-order valence-corrected chi connectivity index (χ2v) is 8.13. The van der Waals surface area contributed by atoms with Gasteiger partial charge in [-0.15, -0.1) is 0 Å². The molecule has 8 nitrogen and oxygen atoms in total. The summed E-state index contributed by atoms with van der Waals surface area (Å²) in [6.07, 6.45) is 0.433. The van der Waals surface area contributed by atoms with Gasteiger partial charge in [-0.1, -0.05) is 0 Å². The summed E-state index contributed by atoms with van der Waals surface area (Å²) in [7, 11) is 0. The predicted octanol–water partition coefficient (Wildman–Crippen LogP) is 1.78. The molecule has 4 saturated carbocycles. The van der Waals surface area contributed by atoms with Gasteiger partial charge in [0.25, 0.3) is 0 Å². The Bertz CT molecular complexity index is 595. The van der Waals surface area contributed by atoms with Crippen LogP contribution >= 0.6 is 0 Å². The molecule has 4 aliphatic rings. The summed E-state index contributed by atoms with van der Waals surface area (Å²) >= 11 is 0. The van der Waals surface area contributed by atoms with Gasteiger partial charge in [0.1, 0.15) is 12.2 Å². The molecule has 2 bridgehead atoms. The summed E-state index contributed by atoms with van der Waals surface area (Å²) in [5, 5.41) is 0. The van der Waals surface area contributed by atoms with Crippen LogP contribution in [0.3, 0.4) is 0 Å². The van der Waals surface area contributed by atoms with Crippen LogP contribution in [0.25, 0.3) is 0 Å². The smallest absolute Gasteiger partial charge is 0.303 e. The third-order valence-electron chi connectivity index (χ3n) is 6.29. The lowest BCUT2D eigenvalue weighted by Crippen LogP contribution is -2.67. The van der Waals surface area contributed by atoms with E-state index in [2.05, 4.69) is 0 Å². The lowest BCUT2D eigenvalue weighted by atomic mass is 9.52. The summed E-state index contributed by atoms with van der Waals surface area (Å²) in [5.41, 5.74) is 0. The van der Waals surface area contributed by atoms with Gasteiger partial charge in [0, 0.05) is 39.5 Å². The maximum Gasteiger partial charge on any atom is 0.303 e. The lowest BCUT2D eigenvalue weighted by molar-refractivity contribution is -0.252. The fraction of sp³-hybridized carbons (Fsp3) is 0.800. The second kappa shape index (κ2) is 8.09. The number of hydrogen-bond acceptors (Lipinski definition) is 8. The molecule has 0 radical (unpaired) electrons. The second-order valence-electron chi connectivity index (χ2n) is 8.13. The topological polar surface area (TPSA) is 105 Å². The van der Waals surface area contributed by atoms with Crippen LogP contribution in [0.15, 0.2) is 0 Å². The Morgan fingerprint density at radius 3 is 1.00 bits per heavy atom. The van der Waals surface area contributed by atoms with Crippen LogP contribution in [-0.2, 0) is 38.1 Å². The van der Waals surface area contributed by atoms with Crippen molar-refractivity contribution in [1.29, 1.82) is 0 Å². The van der Waals surface area contributed by atoms with Crippen LogP contribution in [0, 0.1) is 23.7 Å². The molecule has 0 spiro atoms. The van der Waals surface area contributed by atoms with Gasteiger partial charge in [-0.2, -0.15) is 0 Å². The third-order valence-corrected chi connectivity index (χ3v) is 6.29. The largest absolute Gasteiger partial charge is 0.458 e. The van der Waals surface area contributed by atoms with Gasteiger partial charge in [-0.05, 0) is 37.5 Å². The number of ether oxygens (including phenoxy) is 4. The average Bonchev–Trinajstić information content (AvgIpc) is 2.59. The van der Waals surface area contributed by atoms with E-state index in [9.17, 15) is 19.2 Å². The first-order valence-electron chi connectivity index (χ1n) is 9.88. The zero-order chi connectivity index (χ0) is 20.6. The van der Waals surface area contributed by atoms with Crippen molar-refractivity contribution < 1.29 is 38.1 Å². The standard InChI is InChI=1S/C20H28O8/c1-9(21)25-17-15-13-5-7-14(8-6-13)16(15)18(26-10(2)22)20(28-12(4)24)19(17)27-11(3)23/h13-20H,5-8H2,1-4H3. The zero-order valence-corrected chi connectivity index (χ0v) is 16.7. The molecule has 6 unspecified atom stereocenters. The summed E-state index contributed by atoms with van der Waals surface area (Å²) in [6, 6.07) is 0. The minimum Gasteiger partial charge on any atom is -0.458 e. The average molecular weight is 396 g/mol. The number of esters is 4. The fourth-order valence-electron chi connectivity index (χ4n) is 5.66. The first-order valence-corrected chi connectivity index (χ1v) is 9.88. The molecular weight excluding hydrogens is 368 g/mol. The van der Waals surface area contributed by atoms with Crippen molar-refractivity contribution in [1.82, 2.24) is 0 Å². The molecule has 0 aliphatic heterocycles. The Balaban J connectivity index is 2.07. The van der Waals surface area contributed by atoms with Crippen molar-refractivity contribution in [3.8, 4) is 0 Å². The van der Waals surface area contributed by atoms with E-state index in [1.54, 1.807) is 0 Å². The first-order chi connectivity index (χ1) is 13.2. The summed E-state index contributed by atoms with van der Waals surface area (Å²) in [4.78, 5) is 47.3. The highest BCUT2D eigenvalue weighted by molar-refractivity contribution is 5.69. The molecule has 28 heavy (non-hydrogen) atoms. The zero-order valence-electron chi connectivity index (χ0n) is 16.7. The third kappa shape index (κ3) is 4.00. The van der Waals surface area contributed by atoms with Gasteiger partial charge in [0.05, 0.1) is 0 Å². The van der Waals surface area contributed by atoms with Crippen LogP contribution in [0.2, 0.25) is 0 Å². The Morgan fingerprint density at radius 1 is 0.500 bits per heavy atom. The molecule has 8 heteroatoms. The summed E-state index contributed by atoms with van der Waals surface area (Å²) in [6.45, 7) is 5.10. The van der Waals surface area contributed by atoms with E-state index in [1.165, 1.54) is 27.7 Å². The predicted molar refractivity (Wildman–Crippen MR) is 94.6 cm³/mol. The molecule has 6 atom stereocenters. The van der Waals surface area contributed by atoms with Crippen LogP contribution < -0.4 is 0 Å². The molecule has 0 saturated heterocycles. The summed E-state index contributed by atoms with van der Waals surface area (Å²) < 4.78 is 22.3. The van der Waals surface area contributed by atoms with Crippen molar-refractivity contribution in [2.75, 3.05) is 0 Å². The van der Waals surface area contributed by atoms with Crippen LogP contribution in [0.1, 0.15) is 53.4 Å². The molecule has 0 aromatic carbocycles. The summed E-state index contributed by atoms with van der Waals surface area (Å²) in [5.74, 6) is -1.83. The highest BCUT2D eigenvalue weighted by Crippen LogP contribution is 2.56. The number of carbonyl (C=O) groups excluding carboxylic acids is 4. The minimum absolute atomic E-state index is 0.114. The Labute approximate surface area is 164 Å². The first kappa shape index (κ1) is 20.6. The Hall–Kier alpha value is -2.12. The van der Waals surface area contributed by atoms with Crippen molar-refractivity contribution in [2.24, 2.45) is 23.7 Å². The Morgan fingerprint density at radius 2 is 0.750 bits per heavy atom. The van der Waals surface area contributed by atoms with E-state index >= 15 is 0 Å². The quantitative estimate of drug-likeness (QED) is 0.523. The highest BCUT2D eigenvalue weighted by Gasteiger charge is 2.63. The van der Waals surface area contributed by atoms with Crippen LogP contribution in [0.4, 0.5) is 0 Å². The monoisotopic (exact) mass is 396 g/mol. The normalized spacial score (nSPS) is 38.7. The van der Waals surface area contributed by atoms with Gasteiger partial charge >= 0.3 is 23.9 Å². The maximum absolute atomic E-state index is 11.9. The van der Waals surface area contributed by atoms with E-state index in [0.29, 0.717) is 0 Å². The van der Waals surface area contributed by atoms with E-state index < -0.39 is 48.3 Å². The van der Waals surface area contributed by atoms with Crippen molar-refractivity contribution >= 4 is 23.9 Å². The molecular formula is C20H28O8. The van der Waals surface area contributed by atoms with Crippen LogP contribution in [-0.4, -0.2) is 48.3 Å². The molecule has 156 valence electrons. The fourth-order valence-corrected chi connectivity index (χ4v) is 5.66. The maximum atomic E-state index is 11.9. The molecule has 0 N–H and O–H groups in total. The molecule has 0 aromatic heterocycles. The minimum atomic E-state index is -1.02. The molecule has 4 rings (SSSR count). The number of fused-ring (bicyclic) bond motifs is 2. The molecule has 0 heterocycles. The van der Waals surface area contributed by atoms with E-state index in [0.717, 1.165) is 25.7 Å². The van der Waals surface area contributed by atoms with Gasteiger partial charge in [-0.25, -0.2) is 0 Å². The molecule has 0 aromatic rings. The van der Waals surface area contributed by atoms with Gasteiger partial charge in [-0.3, -0.25) is 19.2 Å². The van der Waals surface area contributed by atoms with Gasteiger partial charge in [0.15, 0.2) is 12.2 Å². The number of rotatable bonds is 4. The van der Waals surface area contributed by atoms with E-state index in [4.69, 9.17) is 18.9 Å². The number of carbonyl (C=O) groups is 4. The molecule has 4 fully saturated rings. The van der Waals surface area contributed by atoms with Crippen LogP contribution in [0.5, 0.6) is 0 Å². The SMILES string of the molecule is CC(=O)OC1C(OC(C)=O)C(OC(C)=O)C2C3CCC(CC3)C2C1OC(C)=O. The Kier molecular flexibility index (Phi) is 5.95. The lowest BCUT2D eigenvalue weighted by Gasteiger charge is -2.58. The van der Waals surface area contributed by atoms with Gasteiger partial charge in [0.2, 0.25) is 0 Å². The van der Waals surface area contributed by atoms with Gasteiger partial charge < -0.3 is 18.9 Å². The molecule has 4 aliphatic carbocycles. The number of hydrogen-bond donors (Lipinski definition) is 0. The van der Waals surface area contributed by atoms with Crippen molar-refractivity contribution in [3.05, 3.63) is 0 Å². The molecule has 0 amide bonds. The van der Waals surface area contributed by atoms with Crippen molar-refractivity contribution in [2.45, 2.75) is 77.8 Å².